The highest BCUT2D eigenvalue weighted by Crippen LogP contribution is 2.24. The average molecular weight is 272 g/mol. The van der Waals surface area contributed by atoms with E-state index in [0.717, 1.165) is 0 Å². The Hall–Kier alpha value is -1.32. The molecule has 0 aliphatic carbocycles. The molecule has 0 aliphatic heterocycles. The summed E-state index contributed by atoms with van der Waals surface area (Å²) in [5, 5.41) is 0.326. The first-order chi connectivity index (χ1) is 8.18. The van der Waals surface area contributed by atoms with Gasteiger partial charge < -0.3 is 4.74 Å². The maximum atomic E-state index is 13.2. The number of ether oxygens (including phenoxy) is 1. The van der Waals surface area contributed by atoms with Crippen molar-refractivity contribution >= 4 is 23.2 Å². The molecule has 1 heterocycles. The third-order valence-electron chi connectivity index (χ3n) is 2.14. The lowest BCUT2D eigenvalue weighted by Gasteiger charge is -2.08. The van der Waals surface area contributed by atoms with Crippen molar-refractivity contribution in [1.82, 2.24) is 4.98 Å². The van der Waals surface area contributed by atoms with Crippen LogP contribution in [0.3, 0.4) is 0 Å². The smallest absolute Gasteiger partial charge is 0.171 e. The van der Waals surface area contributed by atoms with Crippen LogP contribution < -0.4 is 4.74 Å². The van der Waals surface area contributed by atoms with Gasteiger partial charge in [0.2, 0.25) is 0 Å². The van der Waals surface area contributed by atoms with E-state index in [1.807, 2.05) is 0 Å². The van der Waals surface area contributed by atoms with Crippen LogP contribution in [0.2, 0.25) is 10.2 Å². The first-order valence-corrected chi connectivity index (χ1v) is 5.60. The minimum Gasteiger partial charge on any atom is -0.486 e. The van der Waals surface area contributed by atoms with Crippen molar-refractivity contribution in [2.75, 3.05) is 0 Å². The molecule has 5 heteroatoms. The molecule has 0 bridgehead atoms. The number of hydrogen-bond acceptors (Lipinski definition) is 2. The van der Waals surface area contributed by atoms with Gasteiger partial charge in [0.05, 0.1) is 5.02 Å². The van der Waals surface area contributed by atoms with Crippen LogP contribution in [0, 0.1) is 5.82 Å². The first kappa shape index (κ1) is 12.1. The molecule has 0 atom stereocenters. The number of nitrogens with zero attached hydrogens (tertiary/aromatic N) is 1. The lowest BCUT2D eigenvalue weighted by atomic mass is 10.2. The predicted molar refractivity (Wildman–Crippen MR) is 65.0 cm³/mol. The summed E-state index contributed by atoms with van der Waals surface area (Å²) in [7, 11) is 0. The third kappa shape index (κ3) is 2.87. The van der Waals surface area contributed by atoms with Crippen molar-refractivity contribution in [3.63, 3.8) is 0 Å². The second-order valence-electron chi connectivity index (χ2n) is 3.29. The normalized spacial score (nSPS) is 10.3. The van der Waals surface area contributed by atoms with Crippen molar-refractivity contribution in [1.29, 1.82) is 0 Å². The quantitative estimate of drug-likeness (QED) is 0.784. The average Bonchev–Trinajstić information content (AvgIpc) is 2.33. The van der Waals surface area contributed by atoms with Gasteiger partial charge in [-0.1, -0.05) is 35.3 Å². The molecule has 1 aromatic carbocycles. The highest BCUT2D eigenvalue weighted by molar-refractivity contribution is 6.31. The first-order valence-electron chi connectivity index (χ1n) is 4.84. The molecule has 0 fully saturated rings. The summed E-state index contributed by atoms with van der Waals surface area (Å²) in [6, 6.07) is 7.94. The van der Waals surface area contributed by atoms with Crippen LogP contribution in [0.1, 0.15) is 5.56 Å². The van der Waals surface area contributed by atoms with Crippen LogP contribution in [0.15, 0.2) is 36.5 Å². The Labute approximate surface area is 108 Å². The molecule has 1 aromatic heterocycles. The number of aromatic nitrogens is 1. The van der Waals surface area contributed by atoms with E-state index in [1.54, 1.807) is 30.5 Å². The summed E-state index contributed by atoms with van der Waals surface area (Å²) in [5.41, 5.74) is 0.562. The topological polar surface area (TPSA) is 22.1 Å². The number of halogens is 3. The van der Waals surface area contributed by atoms with Crippen LogP contribution in [0.4, 0.5) is 4.39 Å². The summed E-state index contributed by atoms with van der Waals surface area (Å²) < 4.78 is 18.6. The Kier molecular flexibility index (Phi) is 3.82. The van der Waals surface area contributed by atoms with E-state index in [1.165, 1.54) is 6.07 Å². The van der Waals surface area contributed by atoms with E-state index < -0.39 is 5.82 Å². The summed E-state index contributed by atoms with van der Waals surface area (Å²) in [6.07, 6.45) is 1.56. The van der Waals surface area contributed by atoms with Crippen LogP contribution in [0.5, 0.6) is 5.75 Å². The van der Waals surface area contributed by atoms with Crippen molar-refractivity contribution < 1.29 is 9.13 Å². The molecular weight excluding hydrogens is 264 g/mol. The lowest BCUT2D eigenvalue weighted by Crippen LogP contribution is -1.98. The van der Waals surface area contributed by atoms with E-state index in [2.05, 4.69) is 4.98 Å². The van der Waals surface area contributed by atoms with Crippen molar-refractivity contribution in [3.8, 4) is 5.75 Å². The van der Waals surface area contributed by atoms with Gasteiger partial charge >= 0.3 is 0 Å². The molecular formula is C12H8Cl2FNO. The zero-order valence-electron chi connectivity index (χ0n) is 8.66. The molecule has 2 nitrogen and oxygen atoms in total. The SMILES string of the molecule is Fc1cccc(COc2cccnc2Cl)c1Cl. The van der Waals surface area contributed by atoms with Gasteiger partial charge in [-0.15, -0.1) is 0 Å². The zero-order chi connectivity index (χ0) is 12.3. The van der Waals surface area contributed by atoms with Crippen LogP contribution in [0.25, 0.3) is 0 Å². The molecule has 0 unspecified atom stereocenters. The number of pyridine rings is 1. The monoisotopic (exact) mass is 271 g/mol. The Morgan fingerprint density at radius 1 is 1.18 bits per heavy atom. The van der Waals surface area contributed by atoms with Crippen LogP contribution in [-0.2, 0) is 6.61 Å². The number of benzene rings is 1. The Bertz CT molecular complexity index is 534. The molecule has 0 amide bonds. The largest absolute Gasteiger partial charge is 0.486 e. The van der Waals surface area contributed by atoms with Gasteiger partial charge in [-0.25, -0.2) is 9.37 Å². The lowest BCUT2D eigenvalue weighted by molar-refractivity contribution is 0.304. The highest BCUT2D eigenvalue weighted by Gasteiger charge is 2.07. The molecule has 2 rings (SSSR count). The molecule has 17 heavy (non-hydrogen) atoms. The van der Waals surface area contributed by atoms with E-state index in [9.17, 15) is 4.39 Å². The van der Waals surface area contributed by atoms with Gasteiger partial charge in [-0.3, -0.25) is 0 Å². The van der Waals surface area contributed by atoms with Gasteiger partial charge in [0.25, 0.3) is 0 Å². The predicted octanol–water partition coefficient (Wildman–Crippen LogP) is 4.11. The van der Waals surface area contributed by atoms with Crippen molar-refractivity contribution in [3.05, 3.63) is 58.1 Å². The fraction of sp³-hybridized carbons (Fsp3) is 0.0833. The van der Waals surface area contributed by atoms with Gasteiger partial charge in [-0.2, -0.15) is 0 Å². The van der Waals surface area contributed by atoms with E-state index in [-0.39, 0.29) is 16.8 Å². The molecule has 0 radical (unpaired) electrons. The van der Waals surface area contributed by atoms with Gasteiger partial charge in [0, 0.05) is 11.8 Å². The fourth-order valence-corrected chi connectivity index (χ4v) is 1.65. The number of hydrogen-bond donors (Lipinski definition) is 0. The molecule has 0 saturated heterocycles. The van der Waals surface area contributed by atoms with Gasteiger partial charge in [0.15, 0.2) is 10.9 Å². The van der Waals surface area contributed by atoms with Gasteiger partial charge in [0.1, 0.15) is 12.4 Å². The number of rotatable bonds is 3. The van der Waals surface area contributed by atoms with Crippen molar-refractivity contribution in [2.45, 2.75) is 6.61 Å². The highest BCUT2D eigenvalue weighted by atomic mass is 35.5. The Morgan fingerprint density at radius 3 is 2.76 bits per heavy atom. The summed E-state index contributed by atoms with van der Waals surface area (Å²) in [5.74, 6) is -0.0282. The minimum atomic E-state index is -0.468. The zero-order valence-corrected chi connectivity index (χ0v) is 10.2. The Morgan fingerprint density at radius 2 is 2.00 bits per heavy atom. The summed E-state index contributed by atoms with van der Waals surface area (Å²) in [6.45, 7) is 0.141. The fourth-order valence-electron chi connectivity index (χ4n) is 1.29. The van der Waals surface area contributed by atoms with Crippen LogP contribution >= 0.6 is 23.2 Å². The molecule has 0 aliphatic rings. The molecule has 0 spiro atoms. The van der Waals surface area contributed by atoms with E-state index in [4.69, 9.17) is 27.9 Å². The Balaban J connectivity index is 2.13. The van der Waals surface area contributed by atoms with E-state index in [0.29, 0.717) is 11.3 Å². The second kappa shape index (κ2) is 5.34. The molecule has 88 valence electrons. The molecule has 0 saturated carbocycles. The summed E-state index contributed by atoms with van der Waals surface area (Å²) in [4.78, 5) is 3.86. The maximum Gasteiger partial charge on any atom is 0.171 e. The van der Waals surface area contributed by atoms with Crippen LogP contribution in [-0.4, -0.2) is 4.98 Å². The van der Waals surface area contributed by atoms with Gasteiger partial charge in [-0.05, 0) is 18.2 Å². The van der Waals surface area contributed by atoms with Crippen molar-refractivity contribution in [2.24, 2.45) is 0 Å². The minimum absolute atomic E-state index is 0.0625. The van der Waals surface area contributed by atoms with E-state index >= 15 is 0 Å². The maximum absolute atomic E-state index is 13.2. The summed E-state index contributed by atoms with van der Waals surface area (Å²) >= 11 is 11.6. The second-order valence-corrected chi connectivity index (χ2v) is 4.03. The molecule has 2 aromatic rings. The molecule has 0 N–H and O–H groups in total. The third-order valence-corrected chi connectivity index (χ3v) is 2.85. The standard InChI is InChI=1S/C12H8Cl2FNO/c13-11-8(3-1-4-9(11)15)7-17-10-5-2-6-16-12(10)14/h1-6H,7H2.